The summed E-state index contributed by atoms with van der Waals surface area (Å²) < 4.78 is 11.0. The minimum Gasteiger partial charge on any atom is -0.428 e. The molecule has 0 bridgehead atoms. The number of amides is 11. The molecule has 0 aliphatic carbocycles. The van der Waals surface area contributed by atoms with E-state index < -0.39 is 161 Å². The Morgan fingerprint density at radius 3 is 1.36 bits per heavy atom. The van der Waals surface area contributed by atoms with Gasteiger partial charge in [0.2, 0.25) is 65.0 Å². The van der Waals surface area contributed by atoms with Gasteiger partial charge < -0.3 is 70.1 Å². The normalized spacial score (nSPS) is 24.7. The third kappa shape index (κ3) is 25.9. The number of hydrogen-bond acceptors (Lipinski definition) is 17. The number of likely N-dealkylation sites (N-methyl/N-ethyl adjacent to an activating group) is 7. The van der Waals surface area contributed by atoms with Crippen molar-refractivity contribution < 1.29 is 77.0 Å². The van der Waals surface area contributed by atoms with E-state index >= 15 is 28.8 Å². The molecule has 0 spiro atoms. The highest BCUT2D eigenvalue weighted by Crippen LogP contribution is 2.27. The molecular weight excluding hydrogens is 1290 g/mol. The van der Waals surface area contributed by atoms with Crippen molar-refractivity contribution in [3.05, 3.63) is 34.4 Å². The zero-order chi connectivity index (χ0) is 76.8. The van der Waals surface area contributed by atoms with Crippen molar-refractivity contribution in [2.24, 2.45) is 41.4 Å². The summed E-state index contributed by atoms with van der Waals surface area (Å²) in [6.07, 6.45) is -2.77. The van der Waals surface area contributed by atoms with Crippen LogP contribution in [-0.4, -0.2) is 244 Å². The maximum atomic E-state index is 15.5. The van der Waals surface area contributed by atoms with Gasteiger partial charge in [-0.1, -0.05) is 110 Å². The van der Waals surface area contributed by atoms with Crippen LogP contribution in [0.1, 0.15) is 175 Å². The quantitative estimate of drug-likeness (QED) is 0.0446. The zero-order valence-corrected chi connectivity index (χ0v) is 63.9. The fraction of sp³-hybridized carbons (Fsp3) is 0.746. The molecule has 0 saturated carbocycles. The highest BCUT2D eigenvalue weighted by molar-refractivity contribution is 5.99. The molecule has 1 aromatic carbocycles. The minimum atomic E-state index is -1.95. The molecule has 2 rings (SSSR count). The lowest BCUT2D eigenvalue weighted by Gasteiger charge is -2.40. The molecule has 13 atom stereocenters. The number of aliphatic hydroxyl groups is 1. The second-order valence-electron chi connectivity index (χ2n) is 29.8. The van der Waals surface area contributed by atoms with Crippen LogP contribution in [0.3, 0.4) is 0 Å². The first-order valence-electron chi connectivity index (χ1n) is 35.2. The summed E-state index contributed by atoms with van der Waals surface area (Å²) in [4.78, 5) is 196. The summed E-state index contributed by atoms with van der Waals surface area (Å²) in [5.41, 5.74) is -0.320. The summed E-state index contributed by atoms with van der Waals surface area (Å²) in [5.74, 6) is -11.0. The molecule has 566 valence electrons. The Morgan fingerprint density at radius 2 is 0.910 bits per heavy atom. The van der Waals surface area contributed by atoms with E-state index in [0.717, 1.165) is 39.0 Å². The van der Waals surface area contributed by atoms with Crippen molar-refractivity contribution >= 4 is 76.8 Å². The monoisotopic (exact) mass is 1410 g/mol. The Morgan fingerprint density at radius 1 is 0.510 bits per heavy atom. The van der Waals surface area contributed by atoms with E-state index in [2.05, 4.69) is 21.3 Å². The molecule has 5 N–H and O–H groups in total. The first-order valence-corrected chi connectivity index (χ1v) is 35.2. The molecule has 1 aromatic rings. The van der Waals surface area contributed by atoms with Gasteiger partial charge in [0.15, 0.2) is 0 Å². The van der Waals surface area contributed by atoms with Crippen LogP contribution in [0.5, 0.6) is 5.75 Å². The molecule has 11 amide bonds. The van der Waals surface area contributed by atoms with Crippen LogP contribution < -0.4 is 26.0 Å². The molecule has 29 nitrogen and oxygen atoms in total. The highest BCUT2D eigenvalue weighted by Gasteiger charge is 2.46. The van der Waals surface area contributed by atoms with E-state index in [1.165, 1.54) is 89.7 Å². The van der Waals surface area contributed by atoms with Crippen LogP contribution in [0.15, 0.2) is 24.3 Å². The predicted molar refractivity (Wildman–Crippen MR) is 377 cm³/mol. The zero-order valence-electron chi connectivity index (χ0n) is 63.9. The van der Waals surface area contributed by atoms with Gasteiger partial charge in [0.05, 0.1) is 17.6 Å². The largest absolute Gasteiger partial charge is 0.514 e. The number of carbonyl (C=O) groups is 12. The number of nitrogens with one attached hydrogen (secondary N) is 4. The second-order valence-corrected chi connectivity index (χ2v) is 29.8. The van der Waals surface area contributed by atoms with Gasteiger partial charge in [0.25, 0.3) is 5.69 Å². The van der Waals surface area contributed by atoms with Gasteiger partial charge in [-0.05, 0) is 119 Å². The number of ether oxygens (including phenoxy) is 2. The number of benzene rings is 1. The number of non-ortho nitro benzene ring substituents is 1. The number of nitro groups is 1. The third-order valence-electron chi connectivity index (χ3n) is 18.1. The van der Waals surface area contributed by atoms with Crippen LogP contribution in [0.25, 0.3) is 0 Å². The number of carbonyl (C=O) groups excluding carboxylic acids is 12. The summed E-state index contributed by atoms with van der Waals surface area (Å²) in [6, 6.07) is -9.50. The Labute approximate surface area is 592 Å². The molecule has 1 aliphatic rings. The predicted octanol–water partition coefficient (Wildman–Crippen LogP) is 5.38. The van der Waals surface area contributed by atoms with Crippen LogP contribution in [0.2, 0.25) is 0 Å². The van der Waals surface area contributed by atoms with Crippen molar-refractivity contribution in [2.75, 3.05) is 55.9 Å². The Balaban J connectivity index is 3.17. The number of unbranched alkanes of at least 4 members (excludes halogenated alkanes) is 1. The van der Waals surface area contributed by atoms with Gasteiger partial charge in [-0.25, -0.2) is 4.79 Å². The molecular formula is C71H120N12O17. The molecule has 29 heteroatoms. The molecule has 0 radical (unpaired) electrons. The number of nitrogens with zero attached hydrogens (tertiary/aromatic N) is 8. The molecule has 1 fully saturated rings. The van der Waals surface area contributed by atoms with Crippen molar-refractivity contribution in [2.45, 2.75) is 248 Å². The van der Waals surface area contributed by atoms with Crippen LogP contribution >= 0.6 is 0 Å². The van der Waals surface area contributed by atoms with Gasteiger partial charge >= 0.3 is 6.16 Å². The van der Waals surface area contributed by atoms with Gasteiger partial charge in [-0.2, -0.15) is 0 Å². The second kappa shape index (κ2) is 40.5. The lowest BCUT2D eigenvalue weighted by Crippen LogP contribution is -2.64. The molecule has 1 aliphatic heterocycles. The first-order chi connectivity index (χ1) is 46.3. The van der Waals surface area contributed by atoms with Crippen molar-refractivity contribution in [1.29, 1.82) is 0 Å². The number of nitro benzene ring substituents is 1. The van der Waals surface area contributed by atoms with E-state index in [1.807, 2.05) is 76.2 Å². The topological polar surface area (TPSA) is 357 Å². The van der Waals surface area contributed by atoms with E-state index in [0.29, 0.717) is 19.3 Å². The van der Waals surface area contributed by atoms with Crippen LogP contribution in [0, 0.1) is 51.5 Å². The molecule has 0 aromatic heterocycles. The van der Waals surface area contributed by atoms with Gasteiger partial charge in [0.1, 0.15) is 72.3 Å². The maximum absolute atomic E-state index is 15.5. The average Bonchev–Trinajstić information content (AvgIpc) is 0.811. The number of aliphatic hydroxyl groups excluding tert-OH is 1. The fourth-order valence-electron chi connectivity index (χ4n) is 12.1. The van der Waals surface area contributed by atoms with Crippen LogP contribution in [-0.2, 0) is 57.5 Å². The summed E-state index contributed by atoms with van der Waals surface area (Å²) in [7, 11) is 9.44. The average molecular weight is 1410 g/mol. The van der Waals surface area contributed by atoms with Gasteiger partial charge in [-0.3, -0.25) is 62.9 Å². The molecule has 100 heavy (non-hydrogen) atoms. The number of rotatable bonds is 21. The standard InChI is InChI=1S/C71H120N12O17/c1-25-26-27-45(14)60(85)59-64(89)75-58(48(17)99-71(96)100-50-30-28-49(29-31-50)83(97)98)70(95)76(18)38-57(84)77(19)54(35-42(8)9)67(92)81(23)55(36-43(10)11)68(93)79(21)52(33-40(4)5)62(87)72-46(15)61(86)73-47(16)65(90)78(20)53(34-41(6)7)63(88)74-51(32-39(2)3)66(91)80(22)56(37-44(12)13)69(94)82(59)24/h28-31,39-48,51-56,58-60,85H,25-27,32-38H2,1-24H3,(H,72,87)(H,73,86)(H,74,88)(H,75,89)/t45-,46+,47-,48?,51+,52+,53+,54+,55+,56+,58+,59+,60?/m1/s1. The van der Waals surface area contributed by atoms with Crippen molar-refractivity contribution in [3.8, 4) is 5.75 Å². The van der Waals surface area contributed by atoms with E-state index in [9.17, 15) is 44.0 Å². The lowest BCUT2D eigenvalue weighted by molar-refractivity contribution is -0.384. The van der Waals surface area contributed by atoms with Crippen molar-refractivity contribution in [1.82, 2.24) is 55.6 Å². The van der Waals surface area contributed by atoms with E-state index in [-0.39, 0.29) is 85.5 Å². The summed E-state index contributed by atoms with van der Waals surface area (Å²) >= 11 is 0. The fourth-order valence-corrected chi connectivity index (χ4v) is 12.1. The minimum absolute atomic E-state index is 0.00896. The molecule has 1 heterocycles. The first kappa shape index (κ1) is 88.1. The summed E-state index contributed by atoms with van der Waals surface area (Å²) in [5, 5.41) is 34.7. The van der Waals surface area contributed by atoms with Crippen molar-refractivity contribution in [3.63, 3.8) is 0 Å². The summed E-state index contributed by atoms with van der Waals surface area (Å²) in [6.45, 7) is 28.8. The molecule has 2 unspecified atom stereocenters. The van der Waals surface area contributed by atoms with Gasteiger partial charge in [0, 0.05) is 61.5 Å². The van der Waals surface area contributed by atoms with E-state index in [4.69, 9.17) is 9.47 Å². The third-order valence-corrected chi connectivity index (χ3v) is 18.1. The van der Waals surface area contributed by atoms with Crippen LogP contribution in [0.4, 0.5) is 10.5 Å². The van der Waals surface area contributed by atoms with Gasteiger partial charge in [-0.15, -0.1) is 0 Å². The highest BCUT2D eigenvalue weighted by atomic mass is 16.7. The Bertz CT molecular complexity index is 2960. The number of hydrogen-bond donors (Lipinski definition) is 5. The Hall–Kier alpha value is -7.98. The smallest absolute Gasteiger partial charge is 0.428 e. The maximum Gasteiger partial charge on any atom is 0.514 e. The Kier molecular flexibility index (Phi) is 35.6. The lowest BCUT2D eigenvalue weighted by atomic mass is 9.90. The molecule has 1 saturated heterocycles. The SMILES string of the molecule is CCCC[C@@H](C)C(O)[C@H]1C(=O)N[C@@H](C(C)OC(=O)Oc2ccc([N+](=O)[O-])cc2)C(=O)N(C)CC(=O)N(C)[C@@H](CC(C)C)C(=O)N(C)[C@@H](CC(C)C)C(=O)N(C)[C@@H](CC(C)C)C(=O)N[C@@H](C)C(=O)N[C@H](C)C(=O)N(C)[C@@H](CC(C)C)C(=O)N[C@@H](CC(C)C)C(=O)N(C)[C@@H](CC(C)C)C(=O)N1C. The van der Waals surface area contributed by atoms with E-state index in [1.54, 1.807) is 20.8 Å².